The van der Waals surface area contributed by atoms with Crippen LogP contribution in [0.3, 0.4) is 0 Å². The molecule has 1 aromatic heterocycles. The van der Waals surface area contributed by atoms with Crippen molar-refractivity contribution in [2.45, 2.75) is 26.4 Å². The molecule has 0 bridgehead atoms. The molecule has 0 spiro atoms. The molecule has 1 fully saturated rings. The normalized spacial score (nSPS) is 16.3. The molecule has 1 aliphatic rings. The molecule has 7 nitrogen and oxygen atoms in total. The van der Waals surface area contributed by atoms with E-state index < -0.39 is 0 Å². The standard InChI is InChI=1S/C20H29N5O2.HI/c1-3-21-20(22-14-16(2)25-9-11-26-12-10-25)23-15-18-13-19(27-24-18)17-7-5-4-6-8-17;/h4-8,13,16H,3,9-12,14-15H2,1-2H3,(H2,21,22,23);1H. The fraction of sp³-hybridized carbons (Fsp3) is 0.500. The first kappa shape index (κ1) is 22.6. The van der Waals surface area contributed by atoms with Gasteiger partial charge in [-0.1, -0.05) is 35.5 Å². The first-order valence-corrected chi connectivity index (χ1v) is 9.61. The minimum Gasteiger partial charge on any atom is -0.379 e. The Hall–Kier alpha value is -1.65. The van der Waals surface area contributed by atoms with E-state index in [1.807, 2.05) is 36.4 Å². The van der Waals surface area contributed by atoms with E-state index in [2.05, 4.69) is 39.5 Å². The maximum absolute atomic E-state index is 5.44. The van der Waals surface area contributed by atoms with E-state index in [-0.39, 0.29) is 24.0 Å². The van der Waals surface area contributed by atoms with Gasteiger partial charge >= 0.3 is 0 Å². The number of halogens is 1. The molecule has 28 heavy (non-hydrogen) atoms. The van der Waals surface area contributed by atoms with Gasteiger partial charge in [-0.15, -0.1) is 24.0 Å². The fourth-order valence-corrected chi connectivity index (χ4v) is 3.02. The van der Waals surface area contributed by atoms with Crippen LogP contribution in [0.5, 0.6) is 0 Å². The molecule has 1 unspecified atom stereocenters. The average molecular weight is 499 g/mol. The predicted octanol–water partition coefficient (Wildman–Crippen LogP) is 2.74. The molecule has 1 saturated heterocycles. The summed E-state index contributed by atoms with van der Waals surface area (Å²) in [6.45, 7) is 10.00. The van der Waals surface area contributed by atoms with E-state index in [4.69, 9.17) is 9.26 Å². The number of hydrogen-bond donors (Lipinski definition) is 2. The van der Waals surface area contributed by atoms with Crippen molar-refractivity contribution >= 4 is 29.9 Å². The summed E-state index contributed by atoms with van der Waals surface area (Å²) in [5.74, 6) is 1.56. The molecule has 0 amide bonds. The summed E-state index contributed by atoms with van der Waals surface area (Å²) in [6.07, 6.45) is 0. The van der Waals surface area contributed by atoms with Gasteiger partial charge in [0.05, 0.1) is 19.8 Å². The van der Waals surface area contributed by atoms with E-state index in [9.17, 15) is 0 Å². The highest BCUT2D eigenvalue weighted by Gasteiger charge is 2.17. The molecular formula is C20H30IN5O2. The van der Waals surface area contributed by atoms with Gasteiger partial charge in [0, 0.05) is 43.9 Å². The van der Waals surface area contributed by atoms with Crippen LogP contribution in [-0.2, 0) is 11.3 Å². The van der Waals surface area contributed by atoms with Crippen molar-refractivity contribution in [3.63, 3.8) is 0 Å². The van der Waals surface area contributed by atoms with Crippen molar-refractivity contribution in [2.75, 3.05) is 39.4 Å². The lowest BCUT2D eigenvalue weighted by Gasteiger charge is -2.32. The largest absolute Gasteiger partial charge is 0.379 e. The SMILES string of the molecule is CCNC(=NCc1cc(-c2ccccc2)on1)NCC(C)N1CCOCC1.I. The Morgan fingerprint density at radius 1 is 1.21 bits per heavy atom. The molecule has 2 N–H and O–H groups in total. The molecule has 0 aliphatic carbocycles. The minimum absolute atomic E-state index is 0. The summed E-state index contributed by atoms with van der Waals surface area (Å²) in [4.78, 5) is 7.07. The van der Waals surface area contributed by atoms with Crippen LogP contribution in [0.1, 0.15) is 19.5 Å². The second-order valence-electron chi connectivity index (χ2n) is 6.62. The minimum atomic E-state index is 0. The lowest BCUT2D eigenvalue weighted by atomic mass is 10.2. The molecule has 1 aromatic carbocycles. The number of rotatable bonds is 7. The van der Waals surface area contributed by atoms with Crippen molar-refractivity contribution in [3.8, 4) is 11.3 Å². The van der Waals surface area contributed by atoms with Gasteiger partial charge in [0.25, 0.3) is 0 Å². The fourth-order valence-electron chi connectivity index (χ4n) is 3.02. The maximum Gasteiger partial charge on any atom is 0.191 e. The van der Waals surface area contributed by atoms with Gasteiger partial charge in [-0.25, -0.2) is 4.99 Å². The third-order valence-electron chi connectivity index (χ3n) is 4.59. The highest BCUT2D eigenvalue weighted by atomic mass is 127. The zero-order valence-corrected chi connectivity index (χ0v) is 18.9. The van der Waals surface area contributed by atoms with Gasteiger partial charge in [-0.3, -0.25) is 4.90 Å². The zero-order chi connectivity index (χ0) is 18.9. The van der Waals surface area contributed by atoms with Crippen LogP contribution in [0, 0.1) is 0 Å². The Bertz CT molecular complexity index is 716. The highest BCUT2D eigenvalue weighted by Crippen LogP contribution is 2.19. The molecule has 0 saturated carbocycles. The van der Waals surface area contributed by atoms with Crippen molar-refractivity contribution in [1.82, 2.24) is 20.7 Å². The molecule has 3 rings (SSSR count). The highest BCUT2D eigenvalue weighted by molar-refractivity contribution is 14.0. The Labute approximate surface area is 183 Å². The molecular weight excluding hydrogens is 469 g/mol. The maximum atomic E-state index is 5.44. The number of nitrogens with one attached hydrogen (secondary N) is 2. The van der Waals surface area contributed by atoms with Gasteiger partial charge in [-0.2, -0.15) is 0 Å². The summed E-state index contributed by atoms with van der Waals surface area (Å²) in [7, 11) is 0. The Balaban J connectivity index is 0.00000280. The van der Waals surface area contributed by atoms with Crippen molar-refractivity contribution in [1.29, 1.82) is 0 Å². The van der Waals surface area contributed by atoms with E-state index in [0.717, 1.165) is 62.4 Å². The third-order valence-corrected chi connectivity index (χ3v) is 4.59. The van der Waals surface area contributed by atoms with Crippen LogP contribution in [0.4, 0.5) is 0 Å². The predicted molar refractivity (Wildman–Crippen MR) is 122 cm³/mol. The smallest absolute Gasteiger partial charge is 0.191 e. The first-order valence-electron chi connectivity index (χ1n) is 9.61. The molecule has 8 heteroatoms. The molecule has 2 heterocycles. The number of nitrogens with zero attached hydrogens (tertiary/aromatic N) is 3. The van der Waals surface area contributed by atoms with Crippen molar-refractivity contribution in [3.05, 3.63) is 42.1 Å². The summed E-state index contributed by atoms with van der Waals surface area (Å²) in [6, 6.07) is 12.3. The first-order chi connectivity index (χ1) is 13.3. The lowest BCUT2D eigenvalue weighted by Crippen LogP contribution is -2.49. The second-order valence-corrected chi connectivity index (χ2v) is 6.62. The quantitative estimate of drug-likeness (QED) is 0.347. The van der Waals surface area contributed by atoms with E-state index in [1.165, 1.54) is 0 Å². The molecule has 154 valence electrons. The number of aliphatic imine (C=N–C) groups is 1. The van der Waals surface area contributed by atoms with Gasteiger partial charge in [0.2, 0.25) is 0 Å². The van der Waals surface area contributed by atoms with Crippen molar-refractivity contribution < 1.29 is 9.26 Å². The number of morpholine rings is 1. The van der Waals surface area contributed by atoms with Crippen LogP contribution in [0.15, 0.2) is 45.9 Å². The van der Waals surface area contributed by atoms with E-state index >= 15 is 0 Å². The Morgan fingerprint density at radius 3 is 2.68 bits per heavy atom. The van der Waals surface area contributed by atoms with Gasteiger partial charge in [-0.05, 0) is 13.8 Å². The summed E-state index contributed by atoms with van der Waals surface area (Å²) in [5, 5.41) is 10.8. The lowest BCUT2D eigenvalue weighted by molar-refractivity contribution is 0.0211. The number of ether oxygens (including phenoxy) is 1. The number of hydrogen-bond acceptors (Lipinski definition) is 5. The topological polar surface area (TPSA) is 74.9 Å². The summed E-state index contributed by atoms with van der Waals surface area (Å²) >= 11 is 0. The molecule has 1 aliphatic heterocycles. The number of benzene rings is 1. The van der Waals surface area contributed by atoms with Crippen LogP contribution in [0.2, 0.25) is 0 Å². The zero-order valence-electron chi connectivity index (χ0n) is 16.6. The van der Waals surface area contributed by atoms with E-state index in [0.29, 0.717) is 12.6 Å². The Kier molecular flexibility index (Phi) is 9.72. The van der Waals surface area contributed by atoms with Crippen LogP contribution in [-0.4, -0.2) is 61.5 Å². The molecule has 1 atom stereocenters. The number of guanidine groups is 1. The third kappa shape index (κ3) is 6.75. The Morgan fingerprint density at radius 2 is 1.96 bits per heavy atom. The average Bonchev–Trinajstić information content (AvgIpc) is 3.20. The van der Waals surface area contributed by atoms with E-state index in [1.54, 1.807) is 0 Å². The van der Waals surface area contributed by atoms with Crippen molar-refractivity contribution in [2.24, 2.45) is 4.99 Å². The second kappa shape index (κ2) is 12.0. The molecule has 0 radical (unpaired) electrons. The summed E-state index contributed by atoms with van der Waals surface area (Å²) < 4.78 is 10.9. The molecule has 2 aromatic rings. The van der Waals surface area contributed by atoms with Crippen LogP contribution in [0.25, 0.3) is 11.3 Å². The monoisotopic (exact) mass is 499 g/mol. The summed E-state index contributed by atoms with van der Waals surface area (Å²) in [5.41, 5.74) is 1.83. The van der Waals surface area contributed by atoms with Crippen LogP contribution < -0.4 is 10.6 Å². The van der Waals surface area contributed by atoms with Gasteiger partial charge < -0.3 is 19.9 Å². The number of aromatic nitrogens is 1. The van der Waals surface area contributed by atoms with Gasteiger partial charge in [0.15, 0.2) is 11.7 Å². The van der Waals surface area contributed by atoms with Crippen LogP contribution >= 0.6 is 24.0 Å². The van der Waals surface area contributed by atoms with Gasteiger partial charge in [0.1, 0.15) is 5.69 Å².